The van der Waals surface area contributed by atoms with Gasteiger partial charge in [0.25, 0.3) is 0 Å². The molecule has 1 aromatic heterocycles. The van der Waals surface area contributed by atoms with Crippen molar-refractivity contribution < 1.29 is 4.52 Å². The van der Waals surface area contributed by atoms with Crippen LogP contribution >= 0.6 is 35.6 Å². The third-order valence-corrected chi connectivity index (χ3v) is 5.87. The summed E-state index contributed by atoms with van der Waals surface area (Å²) >= 11 is 6.19. The van der Waals surface area contributed by atoms with Crippen LogP contribution < -0.4 is 5.32 Å². The molecule has 0 unspecified atom stereocenters. The number of nitrogens with zero attached hydrogens (tertiary/aromatic N) is 4. The Hall–Kier alpha value is -1.32. The zero-order valence-electron chi connectivity index (χ0n) is 16.1. The van der Waals surface area contributed by atoms with Gasteiger partial charge in [-0.2, -0.15) is 0 Å². The Bertz CT molecular complexity index is 786. The number of hydrogen-bond donors (Lipinski definition) is 1. The molecule has 0 atom stereocenters. The van der Waals surface area contributed by atoms with Crippen molar-refractivity contribution in [3.8, 4) is 0 Å². The molecule has 0 spiro atoms. The summed E-state index contributed by atoms with van der Waals surface area (Å²) in [5.41, 5.74) is 2.52. The molecule has 1 saturated heterocycles. The van der Waals surface area contributed by atoms with Gasteiger partial charge in [0.1, 0.15) is 6.26 Å². The molecule has 28 heavy (non-hydrogen) atoms. The molecule has 2 aromatic rings. The summed E-state index contributed by atoms with van der Waals surface area (Å²) in [7, 11) is 1.86. The predicted octanol–water partition coefficient (Wildman–Crippen LogP) is 3.37. The number of rotatable bonds is 5. The van der Waals surface area contributed by atoms with E-state index in [4.69, 9.17) is 16.1 Å². The van der Waals surface area contributed by atoms with Crippen molar-refractivity contribution in [2.45, 2.75) is 24.8 Å². The second kappa shape index (κ2) is 9.45. The van der Waals surface area contributed by atoms with Gasteiger partial charge in [-0.25, -0.2) is 0 Å². The summed E-state index contributed by atoms with van der Waals surface area (Å²) in [6.45, 7) is 5.65. The zero-order valence-corrected chi connectivity index (χ0v) is 19.2. The summed E-state index contributed by atoms with van der Waals surface area (Å²) in [4.78, 5) is 9.25. The standard InChI is InChI=1S/C20H26ClN5O.HI/c1-22-19(23-15-20(6-7-20)16-3-2-4-17(21)13-16)26-10-8-25(9-11-26)14-18-5-12-27-24-18;/h2-5,12-13H,6-11,14-15H2,1H3,(H,22,23);1H. The monoisotopic (exact) mass is 515 g/mol. The smallest absolute Gasteiger partial charge is 0.193 e. The van der Waals surface area contributed by atoms with Crippen LogP contribution in [0.15, 0.2) is 46.1 Å². The highest BCUT2D eigenvalue weighted by Gasteiger charge is 2.44. The molecule has 1 aliphatic heterocycles. The maximum Gasteiger partial charge on any atom is 0.193 e. The molecule has 152 valence electrons. The van der Waals surface area contributed by atoms with Crippen LogP contribution in [0.4, 0.5) is 0 Å². The van der Waals surface area contributed by atoms with Gasteiger partial charge >= 0.3 is 0 Å². The van der Waals surface area contributed by atoms with E-state index in [0.717, 1.165) is 55.9 Å². The number of piperazine rings is 1. The highest BCUT2D eigenvalue weighted by Crippen LogP contribution is 2.48. The van der Waals surface area contributed by atoms with Crippen LogP contribution in [0.2, 0.25) is 5.02 Å². The lowest BCUT2D eigenvalue weighted by Crippen LogP contribution is -2.53. The molecular weight excluding hydrogens is 489 g/mol. The first kappa shape index (κ1) is 21.4. The van der Waals surface area contributed by atoms with Gasteiger partial charge in [0.15, 0.2) is 5.96 Å². The molecule has 4 rings (SSSR count). The van der Waals surface area contributed by atoms with Crippen molar-refractivity contribution in [1.82, 2.24) is 20.3 Å². The number of guanidine groups is 1. The van der Waals surface area contributed by atoms with Crippen LogP contribution in [-0.4, -0.2) is 60.7 Å². The molecule has 0 amide bonds. The first-order valence-electron chi connectivity index (χ1n) is 9.52. The van der Waals surface area contributed by atoms with E-state index in [1.54, 1.807) is 6.26 Å². The Morgan fingerprint density at radius 2 is 2.04 bits per heavy atom. The van der Waals surface area contributed by atoms with Crippen molar-refractivity contribution in [2.75, 3.05) is 39.8 Å². The van der Waals surface area contributed by atoms with E-state index >= 15 is 0 Å². The minimum atomic E-state index is 0. The average molecular weight is 516 g/mol. The van der Waals surface area contributed by atoms with Gasteiger partial charge in [-0.3, -0.25) is 9.89 Å². The van der Waals surface area contributed by atoms with E-state index in [9.17, 15) is 0 Å². The first-order chi connectivity index (χ1) is 13.2. The summed E-state index contributed by atoms with van der Waals surface area (Å²) in [6, 6.07) is 10.2. The third kappa shape index (κ3) is 4.99. The Kier molecular flexibility index (Phi) is 7.22. The quantitative estimate of drug-likeness (QED) is 0.376. The number of hydrogen-bond acceptors (Lipinski definition) is 4. The molecular formula is C20H27ClIN5O. The number of aliphatic imine (C=N–C) groups is 1. The highest BCUT2D eigenvalue weighted by molar-refractivity contribution is 14.0. The maximum absolute atomic E-state index is 6.19. The van der Waals surface area contributed by atoms with Crippen molar-refractivity contribution in [3.63, 3.8) is 0 Å². The minimum Gasteiger partial charge on any atom is -0.364 e. The van der Waals surface area contributed by atoms with Gasteiger partial charge < -0.3 is 14.7 Å². The molecule has 1 N–H and O–H groups in total. The SMILES string of the molecule is CN=C(NCC1(c2cccc(Cl)c2)CC1)N1CCN(Cc2ccon2)CC1.I. The Morgan fingerprint density at radius 1 is 1.25 bits per heavy atom. The lowest BCUT2D eigenvalue weighted by molar-refractivity contribution is 0.169. The molecule has 2 aliphatic rings. The molecule has 8 heteroatoms. The summed E-state index contributed by atoms with van der Waals surface area (Å²) in [5, 5.41) is 8.42. The molecule has 2 heterocycles. The van der Waals surface area contributed by atoms with E-state index in [2.05, 4.69) is 37.4 Å². The van der Waals surface area contributed by atoms with Gasteiger partial charge in [0, 0.05) is 62.8 Å². The molecule has 1 aromatic carbocycles. The summed E-state index contributed by atoms with van der Waals surface area (Å²) in [5.74, 6) is 0.990. The van der Waals surface area contributed by atoms with Crippen molar-refractivity contribution in [3.05, 3.63) is 52.9 Å². The second-order valence-corrected chi connectivity index (χ2v) is 7.88. The lowest BCUT2D eigenvalue weighted by Gasteiger charge is -2.36. The Labute approximate surface area is 188 Å². The Balaban J connectivity index is 0.00000225. The topological polar surface area (TPSA) is 56.9 Å². The summed E-state index contributed by atoms with van der Waals surface area (Å²) in [6.07, 6.45) is 4.02. The van der Waals surface area contributed by atoms with Crippen LogP contribution in [-0.2, 0) is 12.0 Å². The number of benzene rings is 1. The van der Waals surface area contributed by atoms with Gasteiger partial charge in [-0.05, 0) is 30.5 Å². The lowest BCUT2D eigenvalue weighted by atomic mass is 9.96. The van der Waals surface area contributed by atoms with Crippen LogP contribution in [0, 0.1) is 0 Å². The largest absolute Gasteiger partial charge is 0.364 e. The van der Waals surface area contributed by atoms with Crippen LogP contribution in [0.5, 0.6) is 0 Å². The number of halogens is 2. The molecule has 0 radical (unpaired) electrons. The van der Waals surface area contributed by atoms with Gasteiger partial charge in [-0.1, -0.05) is 28.9 Å². The Morgan fingerprint density at radius 3 is 2.64 bits per heavy atom. The van der Waals surface area contributed by atoms with E-state index in [-0.39, 0.29) is 29.4 Å². The minimum absolute atomic E-state index is 0. The van der Waals surface area contributed by atoms with Crippen LogP contribution in [0.25, 0.3) is 0 Å². The number of nitrogens with one attached hydrogen (secondary N) is 1. The van der Waals surface area contributed by atoms with Crippen molar-refractivity contribution in [2.24, 2.45) is 4.99 Å². The molecule has 1 saturated carbocycles. The molecule has 2 fully saturated rings. The summed E-state index contributed by atoms with van der Waals surface area (Å²) < 4.78 is 4.92. The molecule has 0 bridgehead atoms. The van der Waals surface area contributed by atoms with E-state index in [0.29, 0.717) is 0 Å². The van der Waals surface area contributed by atoms with E-state index < -0.39 is 0 Å². The molecule has 1 aliphatic carbocycles. The zero-order chi connectivity index (χ0) is 18.7. The fraction of sp³-hybridized carbons (Fsp3) is 0.500. The second-order valence-electron chi connectivity index (χ2n) is 7.45. The fourth-order valence-electron chi connectivity index (χ4n) is 3.78. The van der Waals surface area contributed by atoms with Gasteiger partial charge in [0.05, 0.1) is 5.69 Å². The van der Waals surface area contributed by atoms with Gasteiger partial charge in [-0.15, -0.1) is 24.0 Å². The normalized spacial score (nSPS) is 19.2. The van der Waals surface area contributed by atoms with Crippen LogP contribution in [0.3, 0.4) is 0 Å². The van der Waals surface area contributed by atoms with Crippen molar-refractivity contribution >= 4 is 41.5 Å². The average Bonchev–Trinajstić information content (AvgIpc) is 3.31. The number of aromatic nitrogens is 1. The van der Waals surface area contributed by atoms with Crippen molar-refractivity contribution in [1.29, 1.82) is 0 Å². The van der Waals surface area contributed by atoms with E-state index in [1.165, 1.54) is 18.4 Å². The predicted molar refractivity (Wildman–Crippen MR) is 122 cm³/mol. The third-order valence-electron chi connectivity index (χ3n) is 5.64. The van der Waals surface area contributed by atoms with Gasteiger partial charge in [0.2, 0.25) is 0 Å². The van der Waals surface area contributed by atoms with E-state index in [1.807, 2.05) is 25.2 Å². The molecule has 6 nitrogen and oxygen atoms in total. The van der Waals surface area contributed by atoms with Crippen LogP contribution in [0.1, 0.15) is 24.1 Å². The fourth-order valence-corrected chi connectivity index (χ4v) is 3.97. The first-order valence-corrected chi connectivity index (χ1v) is 9.90. The maximum atomic E-state index is 6.19. The highest BCUT2D eigenvalue weighted by atomic mass is 127.